The van der Waals surface area contributed by atoms with Crippen LogP contribution in [-0.4, -0.2) is 31.7 Å². The fourth-order valence-electron chi connectivity index (χ4n) is 2.45. The first kappa shape index (κ1) is 9.05. The van der Waals surface area contributed by atoms with Gasteiger partial charge in [0.2, 0.25) is 0 Å². The van der Waals surface area contributed by atoms with Crippen molar-refractivity contribution >= 4 is 0 Å². The van der Waals surface area contributed by atoms with Gasteiger partial charge in [0.05, 0.1) is 27.2 Å². The van der Waals surface area contributed by atoms with Crippen molar-refractivity contribution < 1.29 is 4.48 Å². The average molecular weight is 156 g/mol. The molecule has 1 nitrogen and oxygen atoms in total. The third-order valence-corrected chi connectivity index (χ3v) is 3.06. The molecule has 0 amide bonds. The van der Waals surface area contributed by atoms with E-state index in [4.69, 9.17) is 0 Å². The molecule has 1 saturated carbocycles. The summed E-state index contributed by atoms with van der Waals surface area (Å²) in [4.78, 5) is 0. The van der Waals surface area contributed by atoms with Gasteiger partial charge in [-0.1, -0.05) is 13.3 Å². The van der Waals surface area contributed by atoms with E-state index in [9.17, 15) is 0 Å². The van der Waals surface area contributed by atoms with Gasteiger partial charge < -0.3 is 4.48 Å². The Kier molecular flexibility index (Phi) is 2.58. The summed E-state index contributed by atoms with van der Waals surface area (Å²) in [6.07, 6.45) is 5.78. The van der Waals surface area contributed by atoms with Crippen LogP contribution in [0.2, 0.25) is 0 Å². The lowest BCUT2D eigenvalue weighted by Gasteiger charge is -2.40. The van der Waals surface area contributed by atoms with Crippen molar-refractivity contribution in [2.24, 2.45) is 5.92 Å². The van der Waals surface area contributed by atoms with Gasteiger partial charge >= 0.3 is 0 Å². The van der Waals surface area contributed by atoms with Gasteiger partial charge in [-0.3, -0.25) is 0 Å². The van der Waals surface area contributed by atoms with Gasteiger partial charge in [-0.2, -0.15) is 0 Å². The Bertz CT molecular complexity index is 123. The largest absolute Gasteiger partial charge is 0.328 e. The van der Waals surface area contributed by atoms with Crippen LogP contribution in [0.1, 0.15) is 32.6 Å². The maximum Gasteiger partial charge on any atom is 0.0909 e. The summed E-state index contributed by atoms with van der Waals surface area (Å²) in [7, 11) is 6.98. The molecule has 11 heavy (non-hydrogen) atoms. The minimum Gasteiger partial charge on any atom is -0.328 e. The first-order valence-electron chi connectivity index (χ1n) is 4.83. The van der Waals surface area contributed by atoms with E-state index in [0.717, 1.165) is 16.4 Å². The first-order valence-corrected chi connectivity index (χ1v) is 4.83. The van der Waals surface area contributed by atoms with E-state index in [0.29, 0.717) is 0 Å². The minimum absolute atomic E-state index is 0.906. The summed E-state index contributed by atoms with van der Waals surface area (Å²) >= 11 is 0. The summed E-state index contributed by atoms with van der Waals surface area (Å²) in [5, 5.41) is 0. The average Bonchev–Trinajstić information content (AvgIpc) is 1.86. The van der Waals surface area contributed by atoms with Crippen LogP contribution in [0.5, 0.6) is 0 Å². The van der Waals surface area contributed by atoms with Crippen molar-refractivity contribution in [2.75, 3.05) is 21.1 Å². The molecule has 0 N–H and O–H groups in total. The summed E-state index contributed by atoms with van der Waals surface area (Å²) in [6, 6.07) is 0.906. The highest BCUT2D eigenvalue weighted by Gasteiger charge is 2.31. The van der Waals surface area contributed by atoms with Crippen LogP contribution in [0, 0.1) is 5.92 Å². The van der Waals surface area contributed by atoms with Crippen LogP contribution >= 0.6 is 0 Å². The first-order chi connectivity index (χ1) is 5.02. The topological polar surface area (TPSA) is 0 Å². The van der Waals surface area contributed by atoms with Gasteiger partial charge in [-0.25, -0.2) is 0 Å². The summed E-state index contributed by atoms with van der Waals surface area (Å²) < 4.78 is 1.15. The zero-order chi connectivity index (χ0) is 8.48. The van der Waals surface area contributed by atoms with Crippen molar-refractivity contribution in [3.63, 3.8) is 0 Å². The predicted molar refractivity (Wildman–Crippen MR) is 49.5 cm³/mol. The molecule has 0 saturated heterocycles. The highest BCUT2D eigenvalue weighted by atomic mass is 15.3. The monoisotopic (exact) mass is 156 g/mol. The van der Waals surface area contributed by atoms with Crippen molar-refractivity contribution in [3.05, 3.63) is 0 Å². The molecule has 0 radical (unpaired) electrons. The predicted octanol–water partition coefficient (Wildman–Crippen LogP) is 2.27. The number of rotatable bonds is 1. The summed E-state index contributed by atoms with van der Waals surface area (Å²) in [6.45, 7) is 2.41. The van der Waals surface area contributed by atoms with Gasteiger partial charge in [-0.15, -0.1) is 0 Å². The third-order valence-electron chi connectivity index (χ3n) is 3.06. The fourth-order valence-corrected chi connectivity index (χ4v) is 2.45. The molecule has 1 fully saturated rings. The van der Waals surface area contributed by atoms with Crippen LogP contribution < -0.4 is 0 Å². The molecule has 1 heteroatoms. The Hall–Kier alpha value is -0.0400. The maximum atomic E-state index is 2.41. The summed E-state index contributed by atoms with van der Waals surface area (Å²) in [5.74, 6) is 0.934. The molecule has 2 unspecified atom stereocenters. The molecule has 2 atom stereocenters. The molecule has 0 aromatic heterocycles. The van der Waals surface area contributed by atoms with E-state index in [1.807, 2.05) is 0 Å². The SMILES string of the molecule is CC1CCCCC1[N+](C)(C)C. The Labute approximate surface area is 71.0 Å². The number of hydrogen-bond donors (Lipinski definition) is 0. The molecular formula is C10H22N+. The quantitative estimate of drug-likeness (QED) is 0.511. The van der Waals surface area contributed by atoms with E-state index >= 15 is 0 Å². The second-order valence-electron chi connectivity index (χ2n) is 4.95. The van der Waals surface area contributed by atoms with E-state index in [-0.39, 0.29) is 0 Å². The van der Waals surface area contributed by atoms with Crippen LogP contribution in [0.3, 0.4) is 0 Å². The van der Waals surface area contributed by atoms with Crippen LogP contribution in [-0.2, 0) is 0 Å². The Morgan fingerprint density at radius 2 is 1.55 bits per heavy atom. The smallest absolute Gasteiger partial charge is 0.0909 e. The maximum absolute atomic E-state index is 2.41. The molecule has 0 aliphatic heterocycles. The number of hydrogen-bond acceptors (Lipinski definition) is 0. The molecule has 0 heterocycles. The van der Waals surface area contributed by atoms with Crippen LogP contribution in [0.15, 0.2) is 0 Å². The van der Waals surface area contributed by atoms with Gasteiger partial charge in [-0.05, 0) is 19.3 Å². The van der Waals surface area contributed by atoms with E-state index < -0.39 is 0 Å². The van der Waals surface area contributed by atoms with E-state index in [2.05, 4.69) is 28.1 Å². The molecule has 0 bridgehead atoms. The fraction of sp³-hybridized carbons (Fsp3) is 1.00. The zero-order valence-electron chi connectivity index (χ0n) is 8.43. The van der Waals surface area contributed by atoms with Crippen molar-refractivity contribution in [2.45, 2.75) is 38.6 Å². The number of nitrogens with zero attached hydrogens (tertiary/aromatic N) is 1. The second kappa shape index (κ2) is 3.14. The van der Waals surface area contributed by atoms with E-state index in [1.165, 1.54) is 25.7 Å². The van der Waals surface area contributed by atoms with Crippen LogP contribution in [0.4, 0.5) is 0 Å². The lowest BCUT2D eigenvalue weighted by atomic mass is 9.84. The molecule has 1 aliphatic rings. The number of quaternary nitrogens is 1. The highest BCUT2D eigenvalue weighted by molar-refractivity contribution is 4.72. The van der Waals surface area contributed by atoms with Gasteiger partial charge in [0.15, 0.2) is 0 Å². The Balaban J connectivity index is 2.55. The van der Waals surface area contributed by atoms with Gasteiger partial charge in [0.1, 0.15) is 0 Å². The molecular weight excluding hydrogens is 134 g/mol. The molecule has 1 aliphatic carbocycles. The van der Waals surface area contributed by atoms with Crippen molar-refractivity contribution in [1.82, 2.24) is 0 Å². The Morgan fingerprint density at radius 1 is 1.00 bits per heavy atom. The molecule has 1 rings (SSSR count). The van der Waals surface area contributed by atoms with Crippen molar-refractivity contribution in [3.8, 4) is 0 Å². The normalized spacial score (nSPS) is 33.8. The zero-order valence-corrected chi connectivity index (χ0v) is 8.43. The highest BCUT2D eigenvalue weighted by Crippen LogP contribution is 2.29. The second-order valence-corrected chi connectivity index (χ2v) is 4.95. The van der Waals surface area contributed by atoms with Crippen LogP contribution in [0.25, 0.3) is 0 Å². The third kappa shape index (κ3) is 2.19. The van der Waals surface area contributed by atoms with E-state index in [1.54, 1.807) is 0 Å². The van der Waals surface area contributed by atoms with Crippen molar-refractivity contribution in [1.29, 1.82) is 0 Å². The van der Waals surface area contributed by atoms with Gasteiger partial charge in [0, 0.05) is 5.92 Å². The lowest BCUT2D eigenvalue weighted by molar-refractivity contribution is -0.901. The Morgan fingerprint density at radius 3 is 1.91 bits per heavy atom. The standard InChI is InChI=1S/C10H22N/c1-9-7-5-6-8-10(9)11(2,3)4/h9-10H,5-8H2,1-4H3/q+1. The summed E-state index contributed by atoms with van der Waals surface area (Å²) in [5.41, 5.74) is 0. The molecule has 66 valence electrons. The molecule has 0 aromatic rings. The van der Waals surface area contributed by atoms with Gasteiger partial charge in [0.25, 0.3) is 0 Å². The molecule has 0 spiro atoms. The minimum atomic E-state index is 0.906. The molecule has 0 aromatic carbocycles. The lowest BCUT2D eigenvalue weighted by Crippen LogP contribution is -2.49.